The first-order valence-corrected chi connectivity index (χ1v) is 4.53. The summed E-state index contributed by atoms with van der Waals surface area (Å²) in [5.74, 6) is 6.92. The van der Waals surface area contributed by atoms with Gasteiger partial charge in [0.25, 0.3) is 0 Å². The molecular weight excluding hydrogens is 136 g/mol. The molecule has 0 aromatic rings. The van der Waals surface area contributed by atoms with Crippen LogP contribution in [0.5, 0.6) is 0 Å². The number of nitrogens with zero attached hydrogens (tertiary/aromatic N) is 1. The molecule has 1 aliphatic rings. The van der Waals surface area contributed by atoms with Crippen LogP contribution in [-0.2, 0) is 0 Å². The van der Waals surface area contributed by atoms with Crippen molar-refractivity contribution in [3.63, 3.8) is 0 Å². The number of rotatable bonds is 2. The first-order valence-electron chi connectivity index (χ1n) is 4.53. The van der Waals surface area contributed by atoms with Crippen molar-refractivity contribution >= 4 is 5.71 Å². The summed E-state index contributed by atoms with van der Waals surface area (Å²) in [6.07, 6.45) is 4.85. The van der Waals surface area contributed by atoms with Gasteiger partial charge in [-0.15, -0.1) is 0 Å². The van der Waals surface area contributed by atoms with Crippen LogP contribution in [0.3, 0.4) is 0 Å². The third-order valence-corrected chi connectivity index (χ3v) is 2.93. The Morgan fingerprint density at radius 3 is 2.91 bits per heavy atom. The van der Waals surface area contributed by atoms with Crippen molar-refractivity contribution in [2.45, 2.75) is 39.5 Å². The smallest absolute Gasteiger partial charge is 0.0378 e. The van der Waals surface area contributed by atoms with Crippen molar-refractivity contribution in [2.75, 3.05) is 0 Å². The van der Waals surface area contributed by atoms with Crippen molar-refractivity contribution in [1.29, 1.82) is 0 Å². The highest BCUT2D eigenvalue weighted by atomic mass is 15.1. The third kappa shape index (κ3) is 1.95. The minimum absolute atomic E-state index is 0.842. The molecule has 0 aromatic heterocycles. The van der Waals surface area contributed by atoms with Crippen LogP contribution in [0.4, 0.5) is 0 Å². The summed E-state index contributed by atoms with van der Waals surface area (Å²) in [6.45, 7) is 4.58. The van der Waals surface area contributed by atoms with Gasteiger partial charge in [-0.3, -0.25) is 0 Å². The topological polar surface area (TPSA) is 38.4 Å². The molecule has 1 aliphatic carbocycles. The lowest BCUT2D eigenvalue weighted by atomic mass is 9.91. The van der Waals surface area contributed by atoms with Crippen LogP contribution in [0.15, 0.2) is 5.10 Å². The Hall–Kier alpha value is -0.530. The van der Waals surface area contributed by atoms with E-state index in [0.717, 1.165) is 24.7 Å². The molecule has 64 valence electrons. The van der Waals surface area contributed by atoms with Crippen LogP contribution in [0.25, 0.3) is 0 Å². The van der Waals surface area contributed by atoms with Crippen molar-refractivity contribution < 1.29 is 0 Å². The maximum atomic E-state index is 5.23. The van der Waals surface area contributed by atoms with Gasteiger partial charge in [0.05, 0.1) is 0 Å². The largest absolute Gasteiger partial charge is 0.323 e. The maximum absolute atomic E-state index is 5.23. The lowest BCUT2D eigenvalue weighted by Gasteiger charge is -2.15. The Balaban J connectivity index is 2.41. The highest BCUT2D eigenvalue weighted by molar-refractivity contribution is 5.86. The molecule has 0 amide bonds. The van der Waals surface area contributed by atoms with E-state index >= 15 is 0 Å². The van der Waals surface area contributed by atoms with Crippen LogP contribution in [0.1, 0.15) is 39.5 Å². The Morgan fingerprint density at radius 1 is 1.73 bits per heavy atom. The molecule has 1 fully saturated rings. The van der Waals surface area contributed by atoms with Crippen LogP contribution in [0, 0.1) is 11.8 Å². The first-order chi connectivity index (χ1) is 5.27. The van der Waals surface area contributed by atoms with Gasteiger partial charge < -0.3 is 5.84 Å². The normalized spacial score (nSPS) is 31.1. The van der Waals surface area contributed by atoms with E-state index in [9.17, 15) is 0 Å². The average molecular weight is 154 g/mol. The van der Waals surface area contributed by atoms with E-state index in [1.54, 1.807) is 0 Å². The second-order valence-electron chi connectivity index (χ2n) is 3.58. The molecule has 0 saturated heterocycles. The van der Waals surface area contributed by atoms with Gasteiger partial charge in [-0.1, -0.05) is 20.3 Å². The molecule has 1 rings (SSSR count). The van der Waals surface area contributed by atoms with Gasteiger partial charge in [0, 0.05) is 5.71 Å². The Labute approximate surface area is 68.9 Å². The summed E-state index contributed by atoms with van der Waals surface area (Å²) in [7, 11) is 0. The summed E-state index contributed by atoms with van der Waals surface area (Å²) in [5.41, 5.74) is 1.22. The molecule has 0 aromatic carbocycles. The van der Waals surface area contributed by atoms with Gasteiger partial charge in [0.2, 0.25) is 0 Å². The number of hydrogen-bond donors (Lipinski definition) is 1. The summed E-state index contributed by atoms with van der Waals surface area (Å²) in [5, 5.41) is 3.77. The van der Waals surface area contributed by atoms with E-state index in [-0.39, 0.29) is 0 Å². The Morgan fingerprint density at radius 2 is 2.45 bits per heavy atom. The molecule has 2 heteroatoms. The molecule has 2 atom stereocenters. The number of hydrazone groups is 1. The number of hydrogen-bond acceptors (Lipinski definition) is 2. The van der Waals surface area contributed by atoms with Gasteiger partial charge in [0.1, 0.15) is 0 Å². The van der Waals surface area contributed by atoms with Crippen LogP contribution < -0.4 is 5.84 Å². The average Bonchev–Trinajstić information content (AvgIpc) is 2.50. The van der Waals surface area contributed by atoms with Crippen molar-refractivity contribution in [2.24, 2.45) is 22.8 Å². The molecule has 11 heavy (non-hydrogen) atoms. The molecule has 2 nitrogen and oxygen atoms in total. The van der Waals surface area contributed by atoms with Gasteiger partial charge in [-0.2, -0.15) is 5.10 Å². The fourth-order valence-electron chi connectivity index (χ4n) is 1.80. The molecular formula is C9H18N2. The fraction of sp³-hybridized carbons (Fsp3) is 0.889. The molecule has 0 spiro atoms. The molecule has 2 unspecified atom stereocenters. The van der Waals surface area contributed by atoms with Gasteiger partial charge >= 0.3 is 0 Å². The summed E-state index contributed by atoms with van der Waals surface area (Å²) >= 11 is 0. The molecule has 0 aliphatic heterocycles. The first kappa shape index (κ1) is 8.57. The third-order valence-electron chi connectivity index (χ3n) is 2.93. The molecule has 0 radical (unpaired) electrons. The van der Waals surface area contributed by atoms with Crippen LogP contribution >= 0.6 is 0 Å². The predicted octanol–water partition coefficient (Wildman–Crippen LogP) is 2.15. The second-order valence-corrected chi connectivity index (χ2v) is 3.58. The standard InChI is InChI=1S/C9H18N2/c1-3-7(2)8-4-5-9(6-8)11-10/h7-8H,3-6,10H2,1-2H3/b11-9-. The van der Waals surface area contributed by atoms with E-state index in [1.165, 1.54) is 18.6 Å². The zero-order chi connectivity index (χ0) is 8.27. The molecule has 0 bridgehead atoms. The molecule has 0 heterocycles. The van der Waals surface area contributed by atoms with Crippen molar-refractivity contribution in [3.8, 4) is 0 Å². The Kier molecular flexibility index (Phi) is 2.92. The molecule has 2 N–H and O–H groups in total. The highest BCUT2D eigenvalue weighted by Gasteiger charge is 2.24. The quantitative estimate of drug-likeness (QED) is 0.480. The lowest BCUT2D eigenvalue weighted by molar-refractivity contribution is 0.364. The highest BCUT2D eigenvalue weighted by Crippen LogP contribution is 2.30. The SMILES string of the molecule is CCC(C)C1CC/C(=N/N)C1. The van der Waals surface area contributed by atoms with Crippen LogP contribution in [-0.4, -0.2) is 5.71 Å². The van der Waals surface area contributed by atoms with Gasteiger partial charge in [-0.05, 0) is 31.1 Å². The second kappa shape index (κ2) is 3.74. The van der Waals surface area contributed by atoms with E-state index < -0.39 is 0 Å². The van der Waals surface area contributed by atoms with E-state index in [1.807, 2.05) is 0 Å². The number of nitrogens with two attached hydrogens (primary N) is 1. The minimum Gasteiger partial charge on any atom is -0.323 e. The van der Waals surface area contributed by atoms with Crippen molar-refractivity contribution in [3.05, 3.63) is 0 Å². The minimum atomic E-state index is 0.842. The van der Waals surface area contributed by atoms with Crippen LogP contribution in [0.2, 0.25) is 0 Å². The summed E-state index contributed by atoms with van der Waals surface area (Å²) in [4.78, 5) is 0. The molecule has 1 saturated carbocycles. The van der Waals surface area contributed by atoms with E-state index in [4.69, 9.17) is 5.84 Å². The monoisotopic (exact) mass is 154 g/mol. The van der Waals surface area contributed by atoms with E-state index in [0.29, 0.717) is 0 Å². The zero-order valence-corrected chi connectivity index (χ0v) is 7.51. The van der Waals surface area contributed by atoms with Gasteiger partial charge in [0.15, 0.2) is 0 Å². The Bertz CT molecular complexity index is 152. The predicted molar refractivity (Wildman–Crippen MR) is 48.4 cm³/mol. The lowest BCUT2D eigenvalue weighted by Crippen LogP contribution is -2.07. The fourth-order valence-corrected chi connectivity index (χ4v) is 1.80. The summed E-state index contributed by atoms with van der Waals surface area (Å²) in [6, 6.07) is 0. The zero-order valence-electron chi connectivity index (χ0n) is 7.51. The van der Waals surface area contributed by atoms with Gasteiger partial charge in [-0.25, -0.2) is 0 Å². The van der Waals surface area contributed by atoms with E-state index in [2.05, 4.69) is 18.9 Å². The summed E-state index contributed by atoms with van der Waals surface area (Å²) < 4.78 is 0. The maximum Gasteiger partial charge on any atom is 0.0378 e. The van der Waals surface area contributed by atoms with Crippen molar-refractivity contribution in [1.82, 2.24) is 0 Å².